The molecular formula is C16H13N3O. The number of anilines is 2. The van der Waals surface area contributed by atoms with Gasteiger partial charge in [-0.05, 0) is 23.8 Å². The van der Waals surface area contributed by atoms with Gasteiger partial charge in [-0.15, -0.1) is 0 Å². The Bertz CT molecular complexity index is 882. The summed E-state index contributed by atoms with van der Waals surface area (Å²) < 4.78 is 1.61. The largest absolute Gasteiger partial charge is 0.329 e. The van der Waals surface area contributed by atoms with Gasteiger partial charge in [0.05, 0.1) is 5.56 Å². The third kappa shape index (κ3) is 1.42. The van der Waals surface area contributed by atoms with Gasteiger partial charge in [-0.1, -0.05) is 24.3 Å². The van der Waals surface area contributed by atoms with Crippen LogP contribution in [0.3, 0.4) is 0 Å². The summed E-state index contributed by atoms with van der Waals surface area (Å²) in [6.45, 7) is 0. The summed E-state index contributed by atoms with van der Waals surface area (Å²) in [5, 5.41) is 0. The quantitative estimate of drug-likeness (QED) is 0.625. The van der Waals surface area contributed by atoms with Crippen LogP contribution < -0.4 is 10.5 Å². The van der Waals surface area contributed by atoms with E-state index in [2.05, 4.69) is 17.1 Å². The van der Waals surface area contributed by atoms with Crippen LogP contribution in [0.4, 0.5) is 11.5 Å². The second-order valence-corrected chi connectivity index (χ2v) is 5.01. The molecule has 0 spiro atoms. The van der Waals surface area contributed by atoms with Crippen molar-refractivity contribution in [2.75, 3.05) is 11.9 Å². The van der Waals surface area contributed by atoms with Crippen molar-refractivity contribution in [1.82, 2.24) is 9.38 Å². The van der Waals surface area contributed by atoms with Crippen molar-refractivity contribution >= 4 is 17.2 Å². The van der Waals surface area contributed by atoms with E-state index in [9.17, 15) is 4.79 Å². The summed E-state index contributed by atoms with van der Waals surface area (Å²) in [7, 11) is 1.96. The number of para-hydroxylation sites is 1. The SMILES string of the molecule is CN1c2ccccc2Cc2c1nc1ccccn1c2=O. The standard InChI is InChI=1S/C16H13N3O/c1-18-13-7-3-2-6-11(13)10-12-15(18)17-14-8-4-5-9-19(14)16(12)20/h2-9H,10H2,1H3. The van der Waals surface area contributed by atoms with E-state index in [1.54, 1.807) is 10.6 Å². The highest BCUT2D eigenvalue weighted by Crippen LogP contribution is 2.34. The van der Waals surface area contributed by atoms with E-state index in [1.165, 1.54) is 0 Å². The van der Waals surface area contributed by atoms with Gasteiger partial charge in [-0.2, -0.15) is 0 Å². The summed E-state index contributed by atoms with van der Waals surface area (Å²) >= 11 is 0. The van der Waals surface area contributed by atoms with Crippen molar-refractivity contribution in [1.29, 1.82) is 0 Å². The van der Waals surface area contributed by atoms with Crippen LogP contribution in [0, 0.1) is 0 Å². The summed E-state index contributed by atoms with van der Waals surface area (Å²) in [5.41, 5.74) is 3.74. The van der Waals surface area contributed by atoms with Crippen molar-refractivity contribution in [2.24, 2.45) is 0 Å². The number of rotatable bonds is 0. The molecule has 3 aromatic rings. The maximum atomic E-state index is 12.6. The van der Waals surface area contributed by atoms with Crippen LogP contribution in [0.25, 0.3) is 5.65 Å². The first-order valence-corrected chi connectivity index (χ1v) is 6.57. The molecular weight excluding hydrogens is 250 g/mol. The molecule has 1 aliphatic heterocycles. The number of hydrogen-bond acceptors (Lipinski definition) is 3. The highest BCUT2D eigenvalue weighted by atomic mass is 16.1. The van der Waals surface area contributed by atoms with Crippen LogP contribution in [-0.2, 0) is 6.42 Å². The molecule has 20 heavy (non-hydrogen) atoms. The predicted molar refractivity (Wildman–Crippen MR) is 78.8 cm³/mol. The van der Waals surface area contributed by atoms with Gasteiger partial charge in [-0.3, -0.25) is 9.20 Å². The van der Waals surface area contributed by atoms with Gasteiger partial charge in [0.1, 0.15) is 11.5 Å². The molecule has 3 heterocycles. The third-order valence-corrected chi connectivity index (χ3v) is 3.84. The van der Waals surface area contributed by atoms with E-state index in [0.29, 0.717) is 12.1 Å². The predicted octanol–water partition coefficient (Wildman–Crippen LogP) is 2.37. The molecule has 1 aliphatic rings. The van der Waals surface area contributed by atoms with Crippen molar-refractivity contribution < 1.29 is 0 Å². The summed E-state index contributed by atoms with van der Waals surface area (Å²) in [5.74, 6) is 0.764. The molecule has 4 heteroatoms. The van der Waals surface area contributed by atoms with Gasteiger partial charge in [-0.25, -0.2) is 4.98 Å². The van der Waals surface area contributed by atoms with E-state index in [1.807, 2.05) is 42.3 Å². The van der Waals surface area contributed by atoms with Crippen molar-refractivity contribution in [3.8, 4) is 0 Å². The fourth-order valence-electron chi connectivity index (χ4n) is 2.84. The first-order valence-electron chi connectivity index (χ1n) is 6.57. The Morgan fingerprint density at radius 2 is 1.90 bits per heavy atom. The summed E-state index contributed by atoms with van der Waals surface area (Å²) in [6.07, 6.45) is 2.41. The molecule has 1 aromatic carbocycles. The average Bonchev–Trinajstić information content (AvgIpc) is 2.49. The Hall–Kier alpha value is -2.62. The zero-order chi connectivity index (χ0) is 13.7. The van der Waals surface area contributed by atoms with Crippen LogP contribution in [0.2, 0.25) is 0 Å². The van der Waals surface area contributed by atoms with Crippen LogP contribution in [-0.4, -0.2) is 16.4 Å². The molecule has 0 saturated heterocycles. The molecule has 0 fully saturated rings. The minimum Gasteiger partial charge on any atom is -0.329 e. The topological polar surface area (TPSA) is 37.6 Å². The second kappa shape index (κ2) is 3.93. The fourth-order valence-corrected chi connectivity index (χ4v) is 2.84. The van der Waals surface area contributed by atoms with Crippen molar-refractivity contribution in [3.05, 3.63) is 70.1 Å². The lowest BCUT2D eigenvalue weighted by molar-refractivity contribution is 0.932. The number of aromatic nitrogens is 2. The van der Waals surface area contributed by atoms with E-state index in [4.69, 9.17) is 0 Å². The van der Waals surface area contributed by atoms with Crippen molar-refractivity contribution in [3.63, 3.8) is 0 Å². The van der Waals surface area contributed by atoms with Gasteiger partial charge < -0.3 is 4.90 Å². The normalized spacial score (nSPS) is 13.2. The molecule has 0 unspecified atom stereocenters. The van der Waals surface area contributed by atoms with Crippen LogP contribution >= 0.6 is 0 Å². The van der Waals surface area contributed by atoms with E-state index >= 15 is 0 Å². The number of pyridine rings is 1. The molecule has 0 radical (unpaired) electrons. The van der Waals surface area contributed by atoms with Crippen LogP contribution in [0.5, 0.6) is 0 Å². The fraction of sp³-hybridized carbons (Fsp3) is 0.125. The smallest absolute Gasteiger partial charge is 0.263 e. The van der Waals surface area contributed by atoms with Crippen LogP contribution in [0.1, 0.15) is 11.1 Å². The highest BCUT2D eigenvalue weighted by molar-refractivity contribution is 5.71. The van der Waals surface area contributed by atoms with Gasteiger partial charge in [0, 0.05) is 25.4 Å². The Balaban J connectivity index is 2.06. The molecule has 0 N–H and O–H groups in total. The molecule has 2 aromatic heterocycles. The number of nitrogens with zero attached hydrogens (tertiary/aromatic N) is 3. The summed E-state index contributed by atoms with van der Waals surface area (Å²) in [4.78, 5) is 19.3. The zero-order valence-electron chi connectivity index (χ0n) is 11.1. The maximum Gasteiger partial charge on any atom is 0.263 e. The summed E-state index contributed by atoms with van der Waals surface area (Å²) in [6, 6.07) is 13.7. The minimum atomic E-state index is 0.0203. The Morgan fingerprint density at radius 3 is 2.80 bits per heavy atom. The van der Waals surface area contributed by atoms with Gasteiger partial charge in [0.25, 0.3) is 5.56 Å². The third-order valence-electron chi connectivity index (χ3n) is 3.84. The van der Waals surface area contributed by atoms with Gasteiger partial charge >= 0.3 is 0 Å². The van der Waals surface area contributed by atoms with Gasteiger partial charge in [0.2, 0.25) is 0 Å². The number of hydrogen-bond donors (Lipinski definition) is 0. The van der Waals surface area contributed by atoms with Crippen LogP contribution in [0.15, 0.2) is 53.5 Å². The lowest BCUT2D eigenvalue weighted by Crippen LogP contribution is -2.29. The Morgan fingerprint density at radius 1 is 1.10 bits per heavy atom. The first kappa shape index (κ1) is 11.2. The second-order valence-electron chi connectivity index (χ2n) is 5.01. The van der Waals surface area contributed by atoms with E-state index < -0.39 is 0 Å². The first-order chi connectivity index (χ1) is 9.75. The maximum absolute atomic E-state index is 12.6. The van der Waals surface area contributed by atoms with Gasteiger partial charge in [0.15, 0.2) is 0 Å². The number of benzene rings is 1. The molecule has 0 atom stereocenters. The monoisotopic (exact) mass is 263 g/mol. The Kier molecular flexibility index (Phi) is 2.21. The molecule has 0 aliphatic carbocycles. The number of fused-ring (bicyclic) bond motifs is 3. The lowest BCUT2D eigenvalue weighted by atomic mass is 9.99. The van der Waals surface area contributed by atoms with E-state index in [0.717, 1.165) is 22.6 Å². The highest BCUT2D eigenvalue weighted by Gasteiger charge is 2.24. The molecule has 4 nitrogen and oxygen atoms in total. The lowest BCUT2D eigenvalue weighted by Gasteiger charge is -2.28. The molecule has 0 bridgehead atoms. The van der Waals surface area contributed by atoms with Crippen molar-refractivity contribution in [2.45, 2.75) is 6.42 Å². The molecule has 4 rings (SSSR count). The average molecular weight is 263 g/mol. The Labute approximate surface area is 115 Å². The molecule has 98 valence electrons. The zero-order valence-corrected chi connectivity index (χ0v) is 11.1. The minimum absolute atomic E-state index is 0.0203. The van der Waals surface area contributed by atoms with E-state index in [-0.39, 0.29) is 5.56 Å². The molecule has 0 amide bonds. The molecule has 0 saturated carbocycles.